The lowest BCUT2D eigenvalue weighted by atomic mass is 9.95. The van der Waals surface area contributed by atoms with Gasteiger partial charge in [-0.15, -0.1) is 0 Å². The van der Waals surface area contributed by atoms with E-state index in [-0.39, 0.29) is 56.9 Å². The van der Waals surface area contributed by atoms with Crippen LogP contribution in [0.2, 0.25) is 0 Å². The van der Waals surface area contributed by atoms with Gasteiger partial charge in [0.2, 0.25) is 53.2 Å². The third kappa shape index (κ3) is 19.4. The molecule has 0 aliphatic carbocycles. The number of carboxylic acids is 1. The predicted octanol–water partition coefficient (Wildman–Crippen LogP) is 4.26. The van der Waals surface area contributed by atoms with E-state index in [9.17, 15) is 39.0 Å². The van der Waals surface area contributed by atoms with Gasteiger partial charge in [0.15, 0.2) is 0 Å². The first-order valence-electron chi connectivity index (χ1n) is 33.3. The molecule has 1 fully saturated rings. The van der Waals surface area contributed by atoms with Crippen LogP contribution in [0.3, 0.4) is 0 Å². The number of nitrogens with two attached hydrogens (primary N) is 1. The number of H-pyrrole nitrogens is 3. The van der Waals surface area contributed by atoms with Crippen molar-refractivity contribution >= 4 is 104 Å². The van der Waals surface area contributed by atoms with Crippen LogP contribution < -0.4 is 37.6 Å². The maximum atomic E-state index is 15.4. The number of unbranched alkanes of at least 4 members (excludes halogenated alkanes) is 1. The molecule has 4 aromatic carbocycles. The standard InChI is InChI=1S/C71H87FN14O12S2/c1-42-67(95)84(3)59(32-47-37-76-53-14-6-5-13-51(47)53)66(94)82-56(31-46-36-77-54-21-18-48(72)33-52(46)54)64(92)81-57(35-62(89)90)65(93)83-58(34-49-38-74-41-78-49)68(96)85(4)60(30-43-16-19-50(87)20-17-43)69(97)86-26-10-23-71(86,2)70(98)75-25-28-100-40-45-12-9-11-44(29-45)39-99-27-22-61(88)80-55(63(91)79-42)15-7-8-24-73/h5-6,9,11-14,16-21,29,33,36-38,41-42,55-60,76-77,87H,7-8,10,15,22-28,30-32,34-35,39-40,73H2,1-4H3,(H,74,78)(H,75,98)(H,79,91)(H,80,88)(H,81,92)(H,82,94)(H,83,93)(H,89,90)/t42-,55+,56+,57+,58?,59+,60+,71+/m1/s1. The number of rotatable bonds is 14. The summed E-state index contributed by atoms with van der Waals surface area (Å²) < 4.78 is 15.0. The summed E-state index contributed by atoms with van der Waals surface area (Å²) in [6, 6.07) is 14.7. The number of aromatic hydroxyl groups is 1. The molecule has 0 radical (unpaired) electrons. The number of likely N-dealkylation sites (N-methyl/N-ethyl adjacent to an activating group) is 2. The molecular formula is C71H87FN14O12S2. The molecule has 26 nitrogen and oxygen atoms in total. The summed E-state index contributed by atoms with van der Waals surface area (Å²) in [5, 5.41) is 38.3. The number of amides is 9. The molecule has 1 unspecified atom stereocenters. The molecule has 2 aliphatic rings. The monoisotopic (exact) mass is 1410 g/mol. The highest BCUT2D eigenvalue weighted by Crippen LogP contribution is 2.32. The number of thioether (sulfide) groups is 2. The number of hydrogen-bond acceptors (Lipinski definition) is 15. The van der Waals surface area contributed by atoms with Gasteiger partial charge in [-0.05, 0) is 117 Å². The second-order valence-electron chi connectivity index (χ2n) is 25.6. The molecule has 13 N–H and O–H groups in total. The van der Waals surface area contributed by atoms with Crippen LogP contribution in [0, 0.1) is 5.82 Å². The van der Waals surface area contributed by atoms with E-state index in [0.29, 0.717) is 99.4 Å². The van der Waals surface area contributed by atoms with E-state index in [0.717, 1.165) is 20.9 Å². The van der Waals surface area contributed by atoms with Gasteiger partial charge in [0, 0.05) is 128 Å². The summed E-state index contributed by atoms with van der Waals surface area (Å²) in [7, 11) is 2.72. The Morgan fingerprint density at radius 1 is 0.670 bits per heavy atom. The first-order chi connectivity index (χ1) is 48.0. The second-order valence-corrected chi connectivity index (χ2v) is 27.8. The lowest BCUT2D eigenvalue weighted by Crippen LogP contribution is -2.62. The smallest absolute Gasteiger partial charge is 0.305 e. The molecule has 7 aromatic rings. The fourth-order valence-corrected chi connectivity index (χ4v) is 14.4. The highest BCUT2D eigenvalue weighted by atomic mass is 32.2. The van der Waals surface area contributed by atoms with E-state index in [4.69, 9.17) is 5.73 Å². The van der Waals surface area contributed by atoms with Crippen molar-refractivity contribution in [3.8, 4) is 5.75 Å². The van der Waals surface area contributed by atoms with Gasteiger partial charge in [0.1, 0.15) is 59.4 Å². The molecule has 5 heterocycles. The Bertz CT molecular complexity index is 4060. The van der Waals surface area contributed by atoms with E-state index >= 15 is 23.6 Å². The Balaban J connectivity index is 1.07. The first-order valence-corrected chi connectivity index (χ1v) is 35.7. The minimum atomic E-state index is -1.98. The van der Waals surface area contributed by atoms with Crippen molar-refractivity contribution in [1.29, 1.82) is 0 Å². The highest BCUT2D eigenvalue weighted by molar-refractivity contribution is 7.98. The Hall–Kier alpha value is -9.74. The molecule has 8 atom stereocenters. The lowest BCUT2D eigenvalue weighted by Gasteiger charge is -2.39. The predicted molar refractivity (Wildman–Crippen MR) is 377 cm³/mol. The Morgan fingerprint density at radius 2 is 1.33 bits per heavy atom. The molecule has 2 bridgehead atoms. The van der Waals surface area contributed by atoms with E-state index in [1.807, 2.05) is 30.3 Å². The summed E-state index contributed by atoms with van der Waals surface area (Å²) in [4.78, 5) is 163. The number of fused-ring (bicyclic) bond motifs is 5. The minimum Gasteiger partial charge on any atom is -0.508 e. The molecule has 9 rings (SSSR count). The highest BCUT2D eigenvalue weighted by Gasteiger charge is 2.49. The van der Waals surface area contributed by atoms with Gasteiger partial charge in [0.05, 0.1) is 12.7 Å². The molecule has 3 aromatic heterocycles. The maximum absolute atomic E-state index is 15.4. The third-order valence-corrected chi connectivity index (χ3v) is 20.4. The minimum absolute atomic E-state index is 0.0570. The van der Waals surface area contributed by atoms with Crippen molar-refractivity contribution in [2.45, 2.75) is 144 Å². The summed E-state index contributed by atoms with van der Waals surface area (Å²) in [5.41, 5.74) is 9.44. The average Bonchev–Trinajstić information content (AvgIpc) is 1.51. The van der Waals surface area contributed by atoms with Crippen LogP contribution in [0.5, 0.6) is 5.75 Å². The van der Waals surface area contributed by atoms with E-state index in [1.165, 1.54) is 75.0 Å². The number of imidazole rings is 1. The van der Waals surface area contributed by atoms with E-state index in [1.54, 1.807) is 60.9 Å². The quantitative estimate of drug-likeness (QED) is 0.0677. The first kappa shape index (κ1) is 74.5. The molecule has 9 amide bonds. The number of para-hydroxylation sites is 1. The van der Waals surface area contributed by atoms with Crippen LogP contribution in [0.1, 0.15) is 92.3 Å². The van der Waals surface area contributed by atoms with Crippen molar-refractivity contribution in [3.05, 3.63) is 155 Å². The number of halogens is 1. The molecule has 100 heavy (non-hydrogen) atoms. The zero-order chi connectivity index (χ0) is 71.6. The fourth-order valence-electron chi connectivity index (χ4n) is 12.7. The molecule has 0 spiro atoms. The SMILES string of the molecule is C[C@H]1NC(=O)[C@H](CCCCN)NC(=O)CCSCc2cccc(c2)CSCCNC(=O)[C@]2(C)CCCN2C(=O)[C@H](Cc2ccc(O)cc2)N(C)C(=O)C(Cc2cnc[nH]2)NC(=O)[C@H](CC(=O)O)NC(=O)[C@H](Cc2c[nH]c3ccc(F)cc23)NC(=O)[C@H](Cc2c[nH]c3ccccc23)N(C)C1=O. The zero-order valence-electron chi connectivity index (χ0n) is 56.3. The molecule has 0 saturated carbocycles. The number of aromatic nitrogens is 4. The largest absolute Gasteiger partial charge is 0.508 e. The van der Waals surface area contributed by atoms with Crippen molar-refractivity contribution in [2.75, 3.05) is 45.2 Å². The van der Waals surface area contributed by atoms with Crippen LogP contribution in [-0.2, 0) is 85.1 Å². The lowest BCUT2D eigenvalue weighted by molar-refractivity contribution is -0.152. The van der Waals surface area contributed by atoms with Gasteiger partial charge in [-0.2, -0.15) is 23.5 Å². The number of aliphatic carboxylic acids is 1. The number of aromatic amines is 3. The van der Waals surface area contributed by atoms with Gasteiger partial charge in [-0.25, -0.2) is 9.37 Å². The summed E-state index contributed by atoms with van der Waals surface area (Å²) in [6.45, 7) is 3.86. The topological polar surface area (TPSA) is 379 Å². The molecule has 29 heteroatoms. The molecule has 532 valence electrons. The summed E-state index contributed by atoms with van der Waals surface area (Å²) >= 11 is 3.15. The van der Waals surface area contributed by atoms with Crippen molar-refractivity contribution < 1.29 is 62.5 Å². The summed E-state index contributed by atoms with van der Waals surface area (Å²) in [6.07, 6.45) is 5.86. The molecular weight excluding hydrogens is 1320 g/mol. The number of carbonyl (C=O) groups is 10. The normalized spacial score (nSPS) is 23.1. The fraction of sp³-hybridized carbons (Fsp3) is 0.423. The average molecular weight is 1410 g/mol. The van der Waals surface area contributed by atoms with Gasteiger partial charge >= 0.3 is 5.97 Å². The number of benzene rings is 4. The van der Waals surface area contributed by atoms with Gasteiger partial charge < -0.3 is 77.5 Å². The Morgan fingerprint density at radius 3 is 2.04 bits per heavy atom. The van der Waals surface area contributed by atoms with E-state index in [2.05, 4.69) is 57.9 Å². The molecule has 1 saturated heterocycles. The van der Waals surface area contributed by atoms with Crippen molar-refractivity contribution in [1.82, 2.24) is 66.5 Å². The maximum Gasteiger partial charge on any atom is 0.305 e. The van der Waals surface area contributed by atoms with Crippen LogP contribution in [-0.4, -0.2) is 197 Å². The van der Waals surface area contributed by atoms with Crippen LogP contribution in [0.25, 0.3) is 21.8 Å². The second kappa shape index (κ2) is 34.8. The number of phenols is 1. The Labute approximate surface area is 586 Å². The molecule has 2 aliphatic heterocycles. The van der Waals surface area contributed by atoms with Crippen molar-refractivity contribution in [3.63, 3.8) is 0 Å². The number of carboxylic acid groups (broad SMARTS) is 1. The van der Waals surface area contributed by atoms with Crippen LogP contribution in [0.4, 0.5) is 4.39 Å². The van der Waals surface area contributed by atoms with Crippen LogP contribution in [0.15, 0.2) is 116 Å². The number of carbonyl (C=O) groups excluding carboxylic acids is 9. The number of phenolic OH excluding ortho intramolecular Hbond substituents is 1. The zero-order valence-corrected chi connectivity index (χ0v) is 57.9. The summed E-state index contributed by atoms with van der Waals surface area (Å²) in [5.74, 6) is -6.90. The third-order valence-electron chi connectivity index (χ3n) is 18.3. The van der Waals surface area contributed by atoms with Crippen LogP contribution >= 0.6 is 23.5 Å². The number of nitrogens with one attached hydrogen (secondary N) is 9. The number of nitrogens with zero attached hydrogens (tertiary/aromatic N) is 4. The number of hydrogen-bond donors (Lipinski definition) is 12. The van der Waals surface area contributed by atoms with Crippen molar-refractivity contribution in [2.24, 2.45) is 5.73 Å². The van der Waals surface area contributed by atoms with Gasteiger partial charge in [0.25, 0.3) is 0 Å². The van der Waals surface area contributed by atoms with Gasteiger partial charge in [-0.3, -0.25) is 47.9 Å². The van der Waals surface area contributed by atoms with E-state index < -0.39 is 120 Å². The Kier molecular flexibility index (Phi) is 26.0. The van der Waals surface area contributed by atoms with Gasteiger partial charge in [-0.1, -0.05) is 54.6 Å².